The summed E-state index contributed by atoms with van der Waals surface area (Å²) < 4.78 is 59.0. The Labute approximate surface area is 383 Å². The number of methoxy groups -OCH3 is 1. The van der Waals surface area contributed by atoms with E-state index in [0.29, 0.717) is 64.4 Å². The number of hydrogen-bond acceptors (Lipinski definition) is 12. The predicted molar refractivity (Wildman–Crippen MR) is 250 cm³/mol. The van der Waals surface area contributed by atoms with Gasteiger partial charge in [0, 0.05) is 49.2 Å². The third kappa shape index (κ3) is 9.88. The highest BCUT2D eigenvalue weighted by molar-refractivity contribution is 7.89. The Kier molecular flexibility index (Phi) is 15.2. The van der Waals surface area contributed by atoms with Crippen LogP contribution < -0.4 is 14.2 Å². The van der Waals surface area contributed by atoms with E-state index in [1.54, 1.807) is 54.7 Å². The number of para-hydroxylation sites is 1. The van der Waals surface area contributed by atoms with Crippen LogP contribution >= 0.6 is 0 Å². The Balaban J connectivity index is 1.50. The van der Waals surface area contributed by atoms with Gasteiger partial charge < -0.3 is 34.0 Å². The lowest BCUT2D eigenvalue weighted by atomic mass is 9.55. The van der Waals surface area contributed by atoms with Crippen molar-refractivity contribution in [1.29, 1.82) is 0 Å². The zero-order chi connectivity index (χ0) is 46.4. The molecule has 0 spiro atoms. The largest absolute Gasteiger partial charge is 0.496 e. The summed E-state index contributed by atoms with van der Waals surface area (Å²) in [7, 11) is -2.81. The van der Waals surface area contributed by atoms with Crippen LogP contribution in [0.2, 0.25) is 0 Å². The number of allylic oxidation sites excluding steroid dienone is 1. The fourth-order valence-corrected chi connectivity index (χ4v) is 11.9. The van der Waals surface area contributed by atoms with Crippen molar-refractivity contribution in [2.24, 2.45) is 22.9 Å². The first-order valence-electron chi connectivity index (χ1n) is 22.8. The van der Waals surface area contributed by atoms with E-state index in [9.17, 15) is 15.0 Å². The number of benzene rings is 3. The smallest absolute Gasteiger partial charge is 0.245 e. The molecule has 6 atom stereocenters. The third-order valence-corrected chi connectivity index (χ3v) is 14.6. The lowest BCUT2D eigenvalue weighted by molar-refractivity contribution is -0.251. The van der Waals surface area contributed by atoms with Gasteiger partial charge in [-0.15, -0.1) is 6.58 Å². The van der Waals surface area contributed by atoms with Crippen LogP contribution in [0.1, 0.15) is 101 Å². The SMILES string of the molecule is C=CCO[C@@]12Oc3ccc(Oc4ccc(OC)c(C=O)c4)cc3[C@H]3[C@H](CCCCO)[C@@H](CCCCO)C=C(C(=NOC(C)(C)C)C[C@@H]1N(CCC)S(=O)(=O)c1cccc4cccnc14)[C@H]32. The van der Waals surface area contributed by atoms with E-state index in [2.05, 4.69) is 17.6 Å². The number of aliphatic hydroxyl groups excluding tert-OH is 2. The van der Waals surface area contributed by atoms with E-state index in [4.69, 9.17) is 28.9 Å². The van der Waals surface area contributed by atoms with E-state index < -0.39 is 33.4 Å². The van der Waals surface area contributed by atoms with Gasteiger partial charge in [-0.3, -0.25) is 9.78 Å². The number of unbranched alkanes of at least 4 members (excludes halogenated alkanes) is 2. The maximum absolute atomic E-state index is 15.6. The number of aliphatic hydroxyl groups is 2. The second kappa shape index (κ2) is 20.6. The number of pyridine rings is 1. The standard InChI is InChI=1S/C51H63N3O10S/c1-7-25-54(65(58,59)45-19-13-16-34-17-14-24-52-49(34)45)46-32-42(53-64-50(3,4)5)40-30-35(15-9-11-26-55)39(18-10-12-27-56)47-41-31-38(62-37-20-22-43(60-6)36(29-37)33-57)21-23-44(41)63-51(46,48(40)47)61-28-8-2/h8,13-14,16-17,19-24,29-31,33,35,39,46-48,55-56H,2,7,9-12,15,18,25-28,32H2,1,3-6H3/t35-,39+,46-,47+,48+,51+/m0/s1. The Bertz CT molecular complexity index is 2500. The highest BCUT2D eigenvalue weighted by Crippen LogP contribution is 2.62. The number of rotatable bonds is 21. The molecular weight excluding hydrogens is 847 g/mol. The summed E-state index contributed by atoms with van der Waals surface area (Å²) in [6, 6.07) is 18.5. The fraction of sp³-hybridized carbons (Fsp3) is 0.471. The molecule has 2 N–H and O–H groups in total. The number of hydrogen-bond donors (Lipinski definition) is 2. The quantitative estimate of drug-likeness (QED) is 0.0354. The van der Waals surface area contributed by atoms with Crippen LogP contribution in [0, 0.1) is 17.8 Å². The molecular formula is C51H63N3O10S. The first-order chi connectivity index (χ1) is 31.3. The van der Waals surface area contributed by atoms with Crippen molar-refractivity contribution in [1.82, 2.24) is 9.29 Å². The molecule has 0 saturated heterocycles. The molecule has 1 aromatic heterocycles. The van der Waals surface area contributed by atoms with Gasteiger partial charge in [0.05, 0.1) is 42.5 Å². The van der Waals surface area contributed by atoms with Crippen molar-refractivity contribution >= 4 is 32.9 Å². The Morgan fingerprint density at radius 2 is 1.74 bits per heavy atom. The van der Waals surface area contributed by atoms with Crippen molar-refractivity contribution in [3.8, 4) is 23.0 Å². The molecule has 1 fully saturated rings. The number of nitrogens with zero attached hydrogens (tertiary/aromatic N) is 3. The van der Waals surface area contributed by atoms with Gasteiger partial charge in [0.15, 0.2) is 6.29 Å². The number of ether oxygens (including phenoxy) is 4. The number of aldehydes is 1. The minimum Gasteiger partial charge on any atom is -0.496 e. The fourth-order valence-electron chi connectivity index (χ4n) is 9.96. The average Bonchev–Trinajstić information content (AvgIpc) is 3.30. The molecule has 0 bridgehead atoms. The maximum atomic E-state index is 15.6. The van der Waals surface area contributed by atoms with Crippen molar-refractivity contribution < 1.29 is 47.2 Å². The first-order valence-corrected chi connectivity index (χ1v) is 24.2. The second-order valence-electron chi connectivity index (χ2n) is 18.0. The van der Waals surface area contributed by atoms with Gasteiger partial charge in [-0.2, -0.15) is 4.31 Å². The van der Waals surface area contributed by atoms with Gasteiger partial charge in [-0.05, 0) is 119 Å². The van der Waals surface area contributed by atoms with E-state index in [0.717, 1.165) is 43.1 Å². The van der Waals surface area contributed by atoms with Crippen LogP contribution in [-0.2, 0) is 19.6 Å². The molecule has 3 aromatic carbocycles. The number of carbonyl (C=O) groups excluding carboxylic acids is 1. The summed E-state index contributed by atoms with van der Waals surface area (Å²) in [5.41, 5.74) is 2.34. The molecule has 65 heavy (non-hydrogen) atoms. The van der Waals surface area contributed by atoms with Crippen LogP contribution in [-0.4, -0.2) is 90.8 Å². The molecule has 2 aliphatic carbocycles. The highest BCUT2D eigenvalue weighted by atomic mass is 32.2. The molecule has 1 aliphatic heterocycles. The summed E-state index contributed by atoms with van der Waals surface area (Å²) in [6.45, 7) is 12.0. The van der Waals surface area contributed by atoms with Crippen molar-refractivity contribution in [2.75, 3.05) is 33.5 Å². The van der Waals surface area contributed by atoms with Crippen LogP contribution in [0.4, 0.5) is 0 Å². The topological polar surface area (TPSA) is 166 Å². The Hall–Kier alpha value is -5.12. The molecule has 7 rings (SSSR count). The highest BCUT2D eigenvalue weighted by Gasteiger charge is 2.66. The average molecular weight is 910 g/mol. The zero-order valence-electron chi connectivity index (χ0n) is 38.1. The van der Waals surface area contributed by atoms with Gasteiger partial charge in [0.25, 0.3) is 0 Å². The number of aromatic nitrogens is 1. The molecule has 0 unspecified atom stereocenters. The van der Waals surface area contributed by atoms with Gasteiger partial charge in [0.1, 0.15) is 33.5 Å². The molecule has 2 heterocycles. The second-order valence-corrected chi connectivity index (χ2v) is 19.9. The number of oxime groups is 1. The van der Waals surface area contributed by atoms with Crippen molar-refractivity contribution in [2.45, 2.75) is 107 Å². The summed E-state index contributed by atoms with van der Waals surface area (Å²) in [5, 5.41) is 25.6. The van der Waals surface area contributed by atoms with E-state index in [1.165, 1.54) is 11.4 Å². The van der Waals surface area contributed by atoms with Crippen molar-refractivity contribution in [3.63, 3.8) is 0 Å². The van der Waals surface area contributed by atoms with E-state index in [-0.39, 0.29) is 55.4 Å². The van der Waals surface area contributed by atoms with E-state index in [1.807, 2.05) is 52.0 Å². The molecule has 1 saturated carbocycles. The van der Waals surface area contributed by atoms with Crippen LogP contribution in [0.3, 0.4) is 0 Å². The van der Waals surface area contributed by atoms with E-state index >= 15 is 8.42 Å². The number of carbonyl (C=O) groups is 1. The first kappa shape index (κ1) is 47.8. The number of sulfonamides is 1. The minimum absolute atomic E-state index is 0.00511. The summed E-state index contributed by atoms with van der Waals surface area (Å²) in [4.78, 5) is 22.9. The molecule has 4 aromatic rings. The Morgan fingerprint density at radius 3 is 2.45 bits per heavy atom. The van der Waals surface area contributed by atoms with Crippen molar-refractivity contribution in [3.05, 3.63) is 108 Å². The summed E-state index contributed by atoms with van der Waals surface area (Å²) in [5.74, 6) is -0.746. The van der Waals surface area contributed by atoms with Gasteiger partial charge in [-0.1, -0.05) is 55.3 Å². The molecule has 3 aliphatic rings. The summed E-state index contributed by atoms with van der Waals surface area (Å²) >= 11 is 0. The Morgan fingerprint density at radius 1 is 1.00 bits per heavy atom. The summed E-state index contributed by atoms with van der Waals surface area (Å²) in [6.07, 6.45) is 11.1. The lowest BCUT2D eigenvalue weighted by Crippen LogP contribution is -2.70. The molecule has 0 amide bonds. The maximum Gasteiger partial charge on any atom is 0.245 e. The normalized spacial score (nSPS) is 23.3. The van der Waals surface area contributed by atoms with Gasteiger partial charge >= 0.3 is 0 Å². The molecule has 14 heteroatoms. The molecule has 13 nitrogen and oxygen atoms in total. The monoisotopic (exact) mass is 909 g/mol. The predicted octanol–water partition coefficient (Wildman–Crippen LogP) is 9.38. The van der Waals surface area contributed by atoms with Gasteiger partial charge in [-0.25, -0.2) is 8.42 Å². The number of fused-ring (bicyclic) bond motifs is 3. The molecule has 0 radical (unpaired) electrons. The van der Waals surface area contributed by atoms with Crippen LogP contribution in [0.25, 0.3) is 10.9 Å². The van der Waals surface area contributed by atoms with Gasteiger partial charge in [0.2, 0.25) is 15.8 Å². The van der Waals surface area contributed by atoms with Crippen LogP contribution in [0.5, 0.6) is 23.0 Å². The van der Waals surface area contributed by atoms with Crippen LogP contribution in [0.15, 0.2) is 107 Å². The third-order valence-electron chi connectivity index (χ3n) is 12.6. The zero-order valence-corrected chi connectivity index (χ0v) is 39.0. The lowest BCUT2D eigenvalue weighted by Gasteiger charge is -2.59. The molecule has 348 valence electrons. The minimum atomic E-state index is -4.32.